The van der Waals surface area contributed by atoms with Gasteiger partial charge in [-0.2, -0.15) is 5.10 Å². The maximum absolute atomic E-state index is 13.0. The van der Waals surface area contributed by atoms with Crippen LogP contribution in [0.5, 0.6) is 5.75 Å². The van der Waals surface area contributed by atoms with Crippen molar-refractivity contribution in [3.05, 3.63) is 63.4 Å². The first-order chi connectivity index (χ1) is 14.5. The van der Waals surface area contributed by atoms with Gasteiger partial charge in [0, 0.05) is 62.0 Å². The number of aryl methyl sites for hydroxylation is 2. The van der Waals surface area contributed by atoms with Gasteiger partial charge in [0.1, 0.15) is 12.4 Å². The molecule has 0 unspecified atom stereocenters. The van der Waals surface area contributed by atoms with Crippen LogP contribution in [0.3, 0.4) is 0 Å². The highest BCUT2D eigenvalue weighted by atomic mass is 32.1. The Kier molecular flexibility index (Phi) is 6.15. The molecule has 0 aliphatic carbocycles. The molecule has 1 aliphatic heterocycles. The lowest BCUT2D eigenvalue weighted by atomic mass is 10.1. The molecule has 0 radical (unpaired) electrons. The number of carbonyl (C=O) groups is 1. The van der Waals surface area contributed by atoms with Crippen molar-refractivity contribution in [3.63, 3.8) is 0 Å². The van der Waals surface area contributed by atoms with Crippen LogP contribution in [0.15, 0.2) is 35.2 Å². The van der Waals surface area contributed by atoms with Gasteiger partial charge >= 0.3 is 0 Å². The third-order valence-electron chi connectivity index (χ3n) is 5.65. The van der Waals surface area contributed by atoms with Gasteiger partial charge in [0.15, 0.2) is 0 Å². The van der Waals surface area contributed by atoms with Gasteiger partial charge in [-0.15, -0.1) is 11.3 Å². The first-order valence-electron chi connectivity index (χ1n) is 10.1. The van der Waals surface area contributed by atoms with E-state index >= 15 is 0 Å². The number of carbonyl (C=O) groups excluding carboxylic acids is 1. The maximum Gasteiger partial charge on any atom is 0.254 e. The lowest BCUT2D eigenvalue weighted by Gasteiger charge is -2.34. The molecule has 1 amide bonds. The van der Waals surface area contributed by atoms with Crippen LogP contribution in [0.1, 0.15) is 33.0 Å². The molecule has 4 rings (SSSR count). The second kappa shape index (κ2) is 8.97. The summed E-state index contributed by atoms with van der Waals surface area (Å²) in [5, 5.41) is 6.47. The Balaban J connectivity index is 1.33. The molecule has 7 nitrogen and oxygen atoms in total. The highest BCUT2D eigenvalue weighted by Gasteiger charge is 2.24. The first-order valence-corrected chi connectivity index (χ1v) is 11.1. The summed E-state index contributed by atoms with van der Waals surface area (Å²) in [5.74, 6) is 0.748. The Hall–Kier alpha value is -2.71. The molecule has 3 heterocycles. The molecule has 30 heavy (non-hydrogen) atoms. The Labute approximate surface area is 180 Å². The van der Waals surface area contributed by atoms with Crippen LogP contribution in [-0.4, -0.2) is 56.7 Å². The molecule has 1 aromatic carbocycles. The Morgan fingerprint density at radius 1 is 1.20 bits per heavy atom. The van der Waals surface area contributed by atoms with Crippen LogP contribution in [-0.2, 0) is 20.2 Å². The zero-order valence-corrected chi connectivity index (χ0v) is 18.5. The van der Waals surface area contributed by atoms with Gasteiger partial charge in [0.05, 0.1) is 16.9 Å². The smallest absolute Gasteiger partial charge is 0.254 e. The minimum absolute atomic E-state index is 0.0579. The maximum atomic E-state index is 13.0. The van der Waals surface area contributed by atoms with Crippen LogP contribution in [0, 0.1) is 13.8 Å². The van der Waals surface area contributed by atoms with Gasteiger partial charge < -0.3 is 9.64 Å². The molecule has 0 atom stereocenters. The quantitative estimate of drug-likeness (QED) is 0.607. The average Bonchev–Trinajstić information content (AvgIpc) is 3.36. The molecule has 0 saturated carbocycles. The van der Waals surface area contributed by atoms with E-state index in [-0.39, 0.29) is 5.91 Å². The third-order valence-corrected chi connectivity index (χ3v) is 6.29. The Morgan fingerprint density at radius 3 is 2.67 bits per heavy atom. The zero-order valence-electron chi connectivity index (χ0n) is 17.7. The van der Waals surface area contributed by atoms with Gasteiger partial charge in [-0.3, -0.25) is 14.4 Å². The topological polar surface area (TPSA) is 63.5 Å². The van der Waals surface area contributed by atoms with Crippen LogP contribution >= 0.6 is 11.3 Å². The van der Waals surface area contributed by atoms with Crippen LogP contribution < -0.4 is 4.74 Å². The summed E-state index contributed by atoms with van der Waals surface area (Å²) < 4.78 is 7.73. The minimum Gasteiger partial charge on any atom is -0.487 e. The van der Waals surface area contributed by atoms with Crippen molar-refractivity contribution in [1.29, 1.82) is 0 Å². The van der Waals surface area contributed by atoms with Crippen molar-refractivity contribution < 1.29 is 9.53 Å². The molecule has 0 spiro atoms. The van der Waals surface area contributed by atoms with Gasteiger partial charge in [-0.1, -0.05) is 6.07 Å². The van der Waals surface area contributed by atoms with Gasteiger partial charge in [0.2, 0.25) is 0 Å². The third kappa shape index (κ3) is 4.55. The predicted octanol–water partition coefficient (Wildman–Crippen LogP) is 3.03. The second-order valence-corrected chi connectivity index (χ2v) is 8.36. The molecule has 3 aromatic rings. The highest BCUT2D eigenvalue weighted by Crippen LogP contribution is 2.19. The summed E-state index contributed by atoms with van der Waals surface area (Å²) in [7, 11) is 1.98. The normalized spacial score (nSPS) is 14.8. The van der Waals surface area contributed by atoms with E-state index in [1.165, 1.54) is 11.3 Å². The number of benzene rings is 1. The summed E-state index contributed by atoms with van der Waals surface area (Å²) in [5.41, 5.74) is 6.94. The van der Waals surface area contributed by atoms with Crippen molar-refractivity contribution in [1.82, 2.24) is 24.6 Å². The Morgan fingerprint density at radius 2 is 2.00 bits per heavy atom. The molecule has 1 fully saturated rings. The number of hydrogen-bond donors (Lipinski definition) is 0. The van der Waals surface area contributed by atoms with Crippen molar-refractivity contribution in [2.24, 2.45) is 7.05 Å². The molecule has 1 saturated heterocycles. The molecule has 8 heteroatoms. The monoisotopic (exact) mass is 425 g/mol. The second-order valence-electron chi connectivity index (χ2n) is 7.64. The van der Waals surface area contributed by atoms with Crippen molar-refractivity contribution in [2.75, 3.05) is 26.2 Å². The summed E-state index contributed by atoms with van der Waals surface area (Å²) >= 11 is 1.54. The van der Waals surface area contributed by atoms with Crippen LogP contribution in [0.4, 0.5) is 0 Å². The van der Waals surface area contributed by atoms with E-state index in [4.69, 9.17) is 4.74 Å². The minimum atomic E-state index is 0.0579. The Bertz CT molecular complexity index is 1010. The molecule has 2 aromatic heterocycles. The number of aromatic nitrogens is 3. The number of piperazine rings is 1. The summed E-state index contributed by atoms with van der Waals surface area (Å²) in [6.45, 7) is 8.63. The predicted molar refractivity (Wildman–Crippen MR) is 117 cm³/mol. The lowest BCUT2D eigenvalue weighted by molar-refractivity contribution is 0.0627. The zero-order chi connectivity index (χ0) is 21.1. The molecule has 0 N–H and O–H groups in total. The number of rotatable bonds is 6. The van der Waals surface area contributed by atoms with E-state index in [0.717, 1.165) is 44.1 Å². The molecular weight excluding hydrogens is 398 g/mol. The molecule has 158 valence electrons. The summed E-state index contributed by atoms with van der Waals surface area (Å²) in [6.07, 6.45) is 0. The fourth-order valence-electron chi connectivity index (χ4n) is 3.75. The molecular formula is C22H27N5O2S. The number of amides is 1. The average molecular weight is 426 g/mol. The fraction of sp³-hybridized carbons (Fsp3) is 0.409. The molecule has 0 bridgehead atoms. The van der Waals surface area contributed by atoms with Gasteiger partial charge in [-0.05, 0) is 32.0 Å². The standard InChI is InChI=1S/C22H27N5O2S/c1-16-21(17(2)25(3)24-16)12-26-7-9-27(10-8-26)22(28)18-5-4-6-20(11-18)29-13-19-14-30-15-23-19/h4-6,11,14-15H,7-10,12-13H2,1-3H3. The van der Waals surface area contributed by atoms with E-state index in [1.807, 2.05) is 46.3 Å². The van der Waals surface area contributed by atoms with E-state index in [9.17, 15) is 4.79 Å². The summed E-state index contributed by atoms with van der Waals surface area (Å²) in [6, 6.07) is 7.42. The first kappa shape index (κ1) is 20.6. The van der Waals surface area contributed by atoms with Crippen LogP contribution in [0.2, 0.25) is 0 Å². The summed E-state index contributed by atoms with van der Waals surface area (Å²) in [4.78, 5) is 21.5. The van der Waals surface area contributed by atoms with E-state index < -0.39 is 0 Å². The van der Waals surface area contributed by atoms with E-state index in [2.05, 4.69) is 28.8 Å². The number of ether oxygens (including phenoxy) is 1. The van der Waals surface area contributed by atoms with Crippen molar-refractivity contribution in [3.8, 4) is 5.75 Å². The van der Waals surface area contributed by atoms with Crippen molar-refractivity contribution >= 4 is 17.2 Å². The SMILES string of the molecule is Cc1nn(C)c(C)c1CN1CCN(C(=O)c2cccc(OCc3cscn3)c2)CC1. The fourth-order valence-corrected chi connectivity index (χ4v) is 4.29. The van der Waals surface area contributed by atoms with Crippen molar-refractivity contribution in [2.45, 2.75) is 27.0 Å². The number of nitrogens with zero attached hydrogens (tertiary/aromatic N) is 5. The molecule has 1 aliphatic rings. The number of hydrogen-bond acceptors (Lipinski definition) is 6. The highest BCUT2D eigenvalue weighted by molar-refractivity contribution is 7.07. The number of thiazole rings is 1. The lowest BCUT2D eigenvalue weighted by Crippen LogP contribution is -2.48. The van der Waals surface area contributed by atoms with E-state index in [0.29, 0.717) is 17.9 Å². The van der Waals surface area contributed by atoms with Gasteiger partial charge in [0.25, 0.3) is 5.91 Å². The van der Waals surface area contributed by atoms with E-state index in [1.54, 1.807) is 16.8 Å². The van der Waals surface area contributed by atoms with Crippen LogP contribution in [0.25, 0.3) is 0 Å². The van der Waals surface area contributed by atoms with Gasteiger partial charge in [-0.25, -0.2) is 4.98 Å². The largest absolute Gasteiger partial charge is 0.487 e.